The van der Waals surface area contributed by atoms with Gasteiger partial charge in [-0.05, 0) is 97.7 Å². The molecule has 6 aromatic rings. The zero-order chi connectivity index (χ0) is 50.5. The molecule has 2 aliphatic rings. The topological polar surface area (TPSA) is 163 Å². The van der Waals surface area contributed by atoms with Crippen LogP contribution in [-0.2, 0) is 57.6 Å². The molecule has 0 radical (unpaired) electrons. The molecule has 0 bridgehead atoms. The van der Waals surface area contributed by atoms with Crippen molar-refractivity contribution in [2.24, 2.45) is 5.73 Å². The molecular formula is C50H47ClF6N4O8S2. The van der Waals surface area contributed by atoms with Crippen LogP contribution in [0.1, 0.15) is 43.5 Å². The molecule has 0 spiro atoms. The third kappa shape index (κ3) is 13.1. The number of benzene rings is 4. The molecule has 0 unspecified atom stereocenters. The molecule has 4 heterocycles. The highest BCUT2D eigenvalue weighted by Crippen LogP contribution is 2.45. The number of aliphatic carboxylic acids is 2. The third-order valence-electron chi connectivity index (χ3n) is 11.4. The lowest BCUT2D eigenvalue weighted by molar-refractivity contribution is -0.141. The number of thiophene rings is 2. The first-order chi connectivity index (χ1) is 33.2. The average Bonchev–Trinajstić information content (AvgIpc) is 4.14. The molecule has 0 aliphatic carbocycles. The Morgan fingerprint density at radius 1 is 0.634 bits per heavy atom. The van der Waals surface area contributed by atoms with Gasteiger partial charge in [0.1, 0.15) is 34.5 Å². The van der Waals surface area contributed by atoms with Gasteiger partial charge < -0.3 is 35.2 Å². The Balaban J connectivity index is 0.000000230. The average molecular weight is 1050 g/mol. The van der Waals surface area contributed by atoms with Crippen molar-refractivity contribution in [3.05, 3.63) is 140 Å². The first-order valence-corrected chi connectivity index (χ1v) is 23.3. The monoisotopic (exact) mass is 1040 g/mol. The van der Waals surface area contributed by atoms with Crippen molar-refractivity contribution in [1.82, 2.24) is 4.90 Å². The van der Waals surface area contributed by atoms with E-state index < -0.39 is 58.5 Å². The highest BCUT2D eigenvalue weighted by molar-refractivity contribution is 7.13. The number of rotatable bonds is 15. The van der Waals surface area contributed by atoms with Crippen molar-refractivity contribution >= 4 is 70.2 Å². The summed E-state index contributed by atoms with van der Waals surface area (Å²) >= 11 is 1.32. The maximum absolute atomic E-state index is 13.6. The van der Waals surface area contributed by atoms with E-state index in [-0.39, 0.29) is 49.1 Å². The lowest BCUT2D eigenvalue weighted by Gasteiger charge is -2.27. The Hall–Kier alpha value is -6.45. The number of carbonyl (C=O) groups excluding carboxylic acids is 2. The molecular weight excluding hydrogens is 998 g/mol. The van der Waals surface area contributed by atoms with E-state index in [0.29, 0.717) is 92.4 Å². The molecule has 2 atom stereocenters. The smallest absolute Gasteiger partial charge is 0.426 e. The molecule has 2 amide bonds. The Bertz CT molecular complexity index is 2860. The SMILES string of the molecule is CN(C)[C@@H](CC(=O)O)C(=O)N1CCc2cc(OCc3cc(-c4ccccc4)c(C(F)(F)F)s3)ccc21.Cl.N[C@@H](CC(=O)O)C(=O)N1CCc2cc(OCc3cc(-c4ccccc4)c(C(F)(F)F)s3)ccc21. The maximum atomic E-state index is 13.6. The second-order valence-corrected chi connectivity index (χ2v) is 18.8. The van der Waals surface area contributed by atoms with E-state index in [0.717, 1.165) is 11.1 Å². The van der Waals surface area contributed by atoms with Crippen LogP contribution in [0, 0.1) is 0 Å². The van der Waals surface area contributed by atoms with E-state index in [1.54, 1.807) is 121 Å². The van der Waals surface area contributed by atoms with Gasteiger partial charge in [0.25, 0.3) is 0 Å². The highest BCUT2D eigenvalue weighted by atomic mass is 35.5. The van der Waals surface area contributed by atoms with Gasteiger partial charge in [-0.2, -0.15) is 26.3 Å². The molecule has 376 valence electrons. The van der Waals surface area contributed by atoms with Gasteiger partial charge in [-0.3, -0.25) is 24.1 Å². The number of halogens is 7. The standard InChI is InChI=1S/C26H25F3N2O4S.C24H21F3N2O4S.ClH/c1-30(2)22(14-23(32)33)25(34)31-11-10-17-12-18(8-9-21(17)31)35-15-19-13-20(16-6-4-3-5-7-16)24(36-19)26(27,28)29;25-24(26,27)22-18(14-4-2-1-3-5-14)11-17(34-22)13-33-16-6-7-20-15(10-16)8-9-29(20)23(32)19(28)12-21(30)31;/h3-9,12-13,22H,10-11,14-15H2,1-2H3,(H,32,33);1-7,10-11,19H,8-9,12-13,28H2,(H,30,31);1H/t22-;19-;/m00./s1. The molecule has 21 heteroatoms. The molecule has 8 rings (SSSR count). The van der Waals surface area contributed by atoms with Gasteiger partial charge >= 0.3 is 24.3 Å². The minimum Gasteiger partial charge on any atom is -0.488 e. The van der Waals surface area contributed by atoms with Crippen LogP contribution in [0.3, 0.4) is 0 Å². The van der Waals surface area contributed by atoms with Crippen LogP contribution in [-0.4, -0.2) is 78.1 Å². The van der Waals surface area contributed by atoms with Crippen molar-refractivity contribution in [3.63, 3.8) is 0 Å². The van der Waals surface area contributed by atoms with Gasteiger partial charge in [-0.25, -0.2) is 0 Å². The van der Waals surface area contributed by atoms with Crippen LogP contribution < -0.4 is 25.0 Å². The fraction of sp³-hybridized carbons (Fsp3) is 0.280. The number of ether oxygens (including phenoxy) is 2. The number of fused-ring (bicyclic) bond motifs is 2. The van der Waals surface area contributed by atoms with Crippen LogP contribution in [0.15, 0.2) is 109 Å². The summed E-state index contributed by atoms with van der Waals surface area (Å²) in [5, 5.41) is 18.0. The number of nitrogens with zero attached hydrogens (tertiary/aromatic N) is 3. The van der Waals surface area contributed by atoms with E-state index in [2.05, 4.69) is 0 Å². The number of anilines is 2. The molecule has 0 saturated heterocycles. The normalized spacial score (nSPS) is 13.9. The maximum Gasteiger partial charge on any atom is 0.426 e. The Morgan fingerprint density at radius 3 is 1.42 bits per heavy atom. The summed E-state index contributed by atoms with van der Waals surface area (Å²) < 4.78 is 93.3. The van der Waals surface area contributed by atoms with Crippen molar-refractivity contribution in [2.45, 2.75) is 63.3 Å². The fourth-order valence-electron chi connectivity index (χ4n) is 8.13. The van der Waals surface area contributed by atoms with E-state index in [4.69, 9.17) is 25.4 Å². The summed E-state index contributed by atoms with van der Waals surface area (Å²) in [6.07, 6.45) is -8.60. The van der Waals surface area contributed by atoms with Gasteiger partial charge in [0.15, 0.2) is 0 Å². The van der Waals surface area contributed by atoms with Gasteiger partial charge in [-0.15, -0.1) is 35.1 Å². The number of carboxylic acid groups (broad SMARTS) is 2. The van der Waals surface area contributed by atoms with Gasteiger partial charge in [0.2, 0.25) is 11.8 Å². The zero-order valence-electron chi connectivity index (χ0n) is 38.0. The molecule has 2 aromatic heterocycles. The number of amides is 2. The van der Waals surface area contributed by atoms with Crippen molar-refractivity contribution in [2.75, 3.05) is 37.0 Å². The highest BCUT2D eigenvalue weighted by Gasteiger charge is 2.38. The zero-order valence-corrected chi connectivity index (χ0v) is 40.4. The van der Waals surface area contributed by atoms with Crippen LogP contribution in [0.4, 0.5) is 37.7 Å². The summed E-state index contributed by atoms with van der Waals surface area (Å²) in [5.74, 6) is -2.01. The lowest BCUT2D eigenvalue weighted by atomic mass is 10.1. The first-order valence-electron chi connectivity index (χ1n) is 21.7. The van der Waals surface area contributed by atoms with Crippen LogP contribution >= 0.6 is 35.1 Å². The number of hydrogen-bond donors (Lipinski definition) is 3. The number of hydrogen-bond acceptors (Lipinski definition) is 10. The Morgan fingerprint density at radius 2 is 1.04 bits per heavy atom. The van der Waals surface area contributed by atoms with Crippen LogP contribution in [0.25, 0.3) is 22.3 Å². The number of likely N-dealkylation sites (N-methyl/N-ethyl adjacent to an activating group) is 1. The van der Waals surface area contributed by atoms with E-state index in [1.165, 1.54) is 17.0 Å². The third-order valence-corrected chi connectivity index (χ3v) is 13.7. The summed E-state index contributed by atoms with van der Waals surface area (Å²) in [5.41, 5.74) is 9.94. The molecule has 2 aliphatic heterocycles. The summed E-state index contributed by atoms with van der Waals surface area (Å²) in [6, 6.07) is 28.1. The number of nitrogens with two attached hydrogens (primary N) is 1. The largest absolute Gasteiger partial charge is 0.488 e. The lowest BCUT2D eigenvalue weighted by Crippen LogP contribution is -2.46. The van der Waals surface area contributed by atoms with E-state index in [1.807, 2.05) is 0 Å². The van der Waals surface area contributed by atoms with Gasteiger partial charge in [0.05, 0.1) is 24.9 Å². The molecule has 0 fully saturated rings. The summed E-state index contributed by atoms with van der Waals surface area (Å²) in [6.45, 7) is 0.724. The van der Waals surface area contributed by atoms with Crippen molar-refractivity contribution in [1.29, 1.82) is 0 Å². The number of carboxylic acids is 2. The minimum atomic E-state index is -4.47. The summed E-state index contributed by atoms with van der Waals surface area (Å²) in [7, 11) is 3.33. The summed E-state index contributed by atoms with van der Waals surface area (Å²) in [4.78, 5) is 51.7. The van der Waals surface area contributed by atoms with Crippen molar-refractivity contribution < 1.29 is 65.2 Å². The Labute approximate surface area is 418 Å². The molecule has 0 saturated carbocycles. The first kappa shape index (κ1) is 53.9. The Kier molecular flexibility index (Phi) is 17.3. The predicted octanol–water partition coefficient (Wildman–Crippen LogP) is 10.4. The van der Waals surface area contributed by atoms with E-state index >= 15 is 0 Å². The minimum absolute atomic E-state index is 0. The van der Waals surface area contributed by atoms with Crippen molar-refractivity contribution in [3.8, 4) is 33.8 Å². The van der Waals surface area contributed by atoms with E-state index in [9.17, 15) is 45.5 Å². The molecule has 4 aromatic carbocycles. The van der Waals surface area contributed by atoms with Crippen LogP contribution in [0.2, 0.25) is 0 Å². The fourth-order valence-corrected chi connectivity index (χ4v) is 10.0. The molecule has 4 N–H and O–H groups in total. The second-order valence-electron chi connectivity index (χ2n) is 16.6. The number of carbonyl (C=O) groups is 4. The van der Waals surface area contributed by atoms with Gasteiger partial charge in [-0.1, -0.05) is 60.7 Å². The molecule has 12 nitrogen and oxygen atoms in total. The van der Waals surface area contributed by atoms with Gasteiger partial charge in [0, 0.05) is 45.3 Å². The molecule has 71 heavy (non-hydrogen) atoms. The predicted molar refractivity (Wildman–Crippen MR) is 260 cm³/mol. The number of alkyl halides is 6. The second kappa shape index (κ2) is 22.7. The van der Waals surface area contributed by atoms with Crippen LogP contribution in [0.5, 0.6) is 11.5 Å². The quantitative estimate of drug-likeness (QED) is 0.0844.